The van der Waals surface area contributed by atoms with Crippen LogP contribution < -0.4 is 5.32 Å². The molecule has 4 rings (SSSR count). The van der Waals surface area contributed by atoms with Crippen LogP contribution >= 0.6 is 11.3 Å². The summed E-state index contributed by atoms with van der Waals surface area (Å²) < 4.78 is 2.24. The fraction of sp³-hybridized carbons (Fsp3) is 0.579. The molecule has 0 radical (unpaired) electrons. The first-order valence-corrected chi connectivity index (χ1v) is 10.7. The summed E-state index contributed by atoms with van der Waals surface area (Å²) in [5.74, 6) is 1.96. The number of aromatic nitrogens is 3. The summed E-state index contributed by atoms with van der Waals surface area (Å²) in [7, 11) is 0. The first kappa shape index (κ1) is 18.2. The summed E-state index contributed by atoms with van der Waals surface area (Å²) in [5, 5.41) is 15.4. The topological polar surface area (TPSA) is 80.1 Å². The Labute approximate surface area is 162 Å². The number of rotatable bonds is 5. The molecule has 0 bridgehead atoms. The van der Waals surface area contributed by atoms with E-state index in [-0.39, 0.29) is 17.9 Å². The van der Waals surface area contributed by atoms with E-state index in [0.717, 1.165) is 56.8 Å². The standard InChI is InChI=1S/C19H25N5O2S/c25-17(7-9-20-19(26)14-8-12-27-13-14)23-11-4-5-15(23)18-22-21-16-6-2-1-3-10-24(16)18/h8,12-13,15H,1-7,9-11H2,(H,20,26). The van der Waals surface area contributed by atoms with E-state index in [0.29, 0.717) is 18.5 Å². The fourth-order valence-electron chi connectivity index (χ4n) is 4.01. The maximum Gasteiger partial charge on any atom is 0.252 e. The largest absolute Gasteiger partial charge is 0.351 e. The van der Waals surface area contributed by atoms with Gasteiger partial charge in [-0.15, -0.1) is 10.2 Å². The average molecular weight is 388 g/mol. The van der Waals surface area contributed by atoms with Gasteiger partial charge < -0.3 is 14.8 Å². The van der Waals surface area contributed by atoms with E-state index in [4.69, 9.17) is 0 Å². The quantitative estimate of drug-likeness (QED) is 0.855. The van der Waals surface area contributed by atoms with Crippen LogP contribution in [0.1, 0.15) is 66.6 Å². The smallest absolute Gasteiger partial charge is 0.252 e. The van der Waals surface area contributed by atoms with Gasteiger partial charge in [-0.05, 0) is 37.1 Å². The van der Waals surface area contributed by atoms with Crippen molar-refractivity contribution in [2.24, 2.45) is 0 Å². The number of nitrogens with one attached hydrogen (secondary N) is 1. The predicted molar refractivity (Wildman–Crippen MR) is 103 cm³/mol. The van der Waals surface area contributed by atoms with Gasteiger partial charge in [0.25, 0.3) is 5.91 Å². The zero-order valence-electron chi connectivity index (χ0n) is 15.4. The molecular weight excluding hydrogens is 362 g/mol. The molecule has 4 heterocycles. The zero-order chi connectivity index (χ0) is 18.6. The Bertz CT molecular complexity index is 801. The van der Waals surface area contributed by atoms with Crippen LogP contribution in [0.25, 0.3) is 0 Å². The Morgan fingerprint density at radius 1 is 1.19 bits per heavy atom. The highest BCUT2D eigenvalue weighted by molar-refractivity contribution is 7.08. The molecule has 2 aromatic rings. The van der Waals surface area contributed by atoms with Crippen LogP contribution in [0.5, 0.6) is 0 Å². The van der Waals surface area contributed by atoms with Crippen LogP contribution in [0.4, 0.5) is 0 Å². The normalized spacial score (nSPS) is 19.6. The van der Waals surface area contributed by atoms with Gasteiger partial charge in [-0.25, -0.2) is 0 Å². The number of carbonyl (C=O) groups is 2. The van der Waals surface area contributed by atoms with E-state index in [9.17, 15) is 9.59 Å². The van der Waals surface area contributed by atoms with Gasteiger partial charge in [0, 0.05) is 43.4 Å². The lowest BCUT2D eigenvalue weighted by atomic mass is 10.2. The molecule has 2 aliphatic rings. The Kier molecular flexibility index (Phi) is 5.52. The van der Waals surface area contributed by atoms with E-state index < -0.39 is 0 Å². The van der Waals surface area contributed by atoms with Crippen molar-refractivity contribution in [3.8, 4) is 0 Å². The second-order valence-electron chi connectivity index (χ2n) is 7.20. The summed E-state index contributed by atoms with van der Waals surface area (Å²) in [6.45, 7) is 2.06. The van der Waals surface area contributed by atoms with E-state index >= 15 is 0 Å². The summed E-state index contributed by atoms with van der Waals surface area (Å²) in [6, 6.07) is 1.81. The number of thiophene rings is 1. The molecule has 2 amide bonds. The number of amides is 2. The van der Waals surface area contributed by atoms with Gasteiger partial charge in [0.05, 0.1) is 6.04 Å². The van der Waals surface area contributed by atoms with Gasteiger partial charge in [0.2, 0.25) is 5.91 Å². The van der Waals surface area contributed by atoms with Crippen molar-refractivity contribution < 1.29 is 9.59 Å². The number of aryl methyl sites for hydroxylation is 1. The van der Waals surface area contributed by atoms with Crippen molar-refractivity contribution in [3.63, 3.8) is 0 Å². The molecular formula is C19H25N5O2S. The Hall–Kier alpha value is -2.22. The van der Waals surface area contributed by atoms with Crippen molar-refractivity contribution in [2.75, 3.05) is 13.1 Å². The highest BCUT2D eigenvalue weighted by atomic mass is 32.1. The molecule has 144 valence electrons. The Morgan fingerprint density at radius 2 is 2.11 bits per heavy atom. The molecule has 0 spiro atoms. The third-order valence-electron chi connectivity index (χ3n) is 5.42. The van der Waals surface area contributed by atoms with Crippen LogP contribution in [-0.4, -0.2) is 44.6 Å². The summed E-state index contributed by atoms with van der Waals surface area (Å²) >= 11 is 1.49. The first-order chi connectivity index (χ1) is 13.2. The maximum atomic E-state index is 12.8. The lowest BCUT2D eigenvalue weighted by Gasteiger charge is -2.25. The van der Waals surface area contributed by atoms with E-state index in [2.05, 4.69) is 20.1 Å². The third kappa shape index (κ3) is 3.90. The van der Waals surface area contributed by atoms with Crippen molar-refractivity contribution in [3.05, 3.63) is 34.0 Å². The van der Waals surface area contributed by atoms with E-state index in [1.165, 1.54) is 17.8 Å². The predicted octanol–water partition coefficient (Wildman–Crippen LogP) is 2.55. The molecule has 1 N–H and O–H groups in total. The summed E-state index contributed by atoms with van der Waals surface area (Å²) in [6.07, 6.45) is 6.74. The van der Waals surface area contributed by atoms with Crippen molar-refractivity contribution in [1.82, 2.24) is 25.0 Å². The molecule has 2 aliphatic heterocycles. The SMILES string of the molecule is O=C(NCCC(=O)N1CCCC1c1nnc2n1CCCCC2)c1ccsc1. The lowest BCUT2D eigenvalue weighted by Crippen LogP contribution is -2.35. The monoisotopic (exact) mass is 387 g/mol. The summed E-state index contributed by atoms with van der Waals surface area (Å²) in [4.78, 5) is 26.7. The minimum atomic E-state index is -0.121. The van der Waals surface area contributed by atoms with Crippen LogP contribution in [0, 0.1) is 0 Å². The molecule has 27 heavy (non-hydrogen) atoms. The molecule has 7 nitrogen and oxygen atoms in total. The molecule has 8 heteroatoms. The van der Waals surface area contributed by atoms with Crippen LogP contribution in [0.2, 0.25) is 0 Å². The number of nitrogens with zero attached hydrogens (tertiary/aromatic N) is 4. The molecule has 1 fully saturated rings. The zero-order valence-corrected chi connectivity index (χ0v) is 16.2. The Morgan fingerprint density at radius 3 is 2.96 bits per heavy atom. The highest BCUT2D eigenvalue weighted by Gasteiger charge is 2.34. The number of fused-ring (bicyclic) bond motifs is 1. The van der Waals surface area contributed by atoms with Gasteiger partial charge in [0.1, 0.15) is 5.82 Å². The minimum Gasteiger partial charge on any atom is -0.351 e. The van der Waals surface area contributed by atoms with Crippen LogP contribution in [0.15, 0.2) is 16.8 Å². The lowest BCUT2D eigenvalue weighted by molar-refractivity contribution is -0.132. The van der Waals surface area contributed by atoms with Crippen LogP contribution in [0.3, 0.4) is 0 Å². The number of carbonyl (C=O) groups excluding carboxylic acids is 2. The van der Waals surface area contributed by atoms with Gasteiger partial charge in [-0.3, -0.25) is 9.59 Å². The van der Waals surface area contributed by atoms with Crippen molar-refractivity contribution in [2.45, 2.75) is 57.5 Å². The van der Waals surface area contributed by atoms with Gasteiger partial charge >= 0.3 is 0 Å². The fourth-order valence-corrected chi connectivity index (χ4v) is 4.65. The molecule has 0 saturated carbocycles. The summed E-state index contributed by atoms with van der Waals surface area (Å²) in [5.41, 5.74) is 0.651. The van der Waals surface area contributed by atoms with Gasteiger partial charge in [-0.2, -0.15) is 11.3 Å². The number of hydrogen-bond acceptors (Lipinski definition) is 5. The molecule has 1 unspecified atom stereocenters. The molecule has 0 aliphatic carbocycles. The second kappa shape index (κ2) is 8.21. The second-order valence-corrected chi connectivity index (χ2v) is 7.98. The minimum absolute atomic E-state index is 0.0180. The van der Waals surface area contributed by atoms with Crippen molar-refractivity contribution >= 4 is 23.2 Å². The number of likely N-dealkylation sites (tertiary alicyclic amines) is 1. The Balaban J connectivity index is 1.37. The van der Waals surface area contributed by atoms with Gasteiger partial charge in [0.15, 0.2) is 5.82 Å². The molecule has 2 aromatic heterocycles. The van der Waals surface area contributed by atoms with Crippen LogP contribution in [-0.2, 0) is 17.8 Å². The molecule has 1 atom stereocenters. The number of hydrogen-bond donors (Lipinski definition) is 1. The molecule has 1 saturated heterocycles. The molecule has 0 aromatic carbocycles. The van der Waals surface area contributed by atoms with E-state index in [1.807, 2.05) is 15.7 Å². The van der Waals surface area contributed by atoms with Crippen molar-refractivity contribution in [1.29, 1.82) is 0 Å². The third-order valence-corrected chi connectivity index (χ3v) is 6.10. The van der Waals surface area contributed by atoms with Gasteiger partial charge in [-0.1, -0.05) is 6.42 Å². The van der Waals surface area contributed by atoms with E-state index in [1.54, 1.807) is 6.07 Å². The maximum absolute atomic E-state index is 12.8. The highest BCUT2D eigenvalue weighted by Crippen LogP contribution is 2.32. The first-order valence-electron chi connectivity index (χ1n) is 9.76. The average Bonchev–Trinajstić information content (AvgIpc) is 3.39.